The zero-order valence-corrected chi connectivity index (χ0v) is 12.7. The predicted molar refractivity (Wildman–Crippen MR) is 76.6 cm³/mol. The van der Waals surface area contributed by atoms with E-state index in [1.807, 2.05) is 0 Å². The standard InChI is InChI=1S/C13H14N2O7S/c1-7-10(12(17)15(7)23(20,21)22)14-11(16)9(13(18)19)8-5-3-2-4-6-8/h2-7,9-10H,1H3,(H,14,16)(H,18,19)(H,20,21,22)/t7-,9?,10-/m0/s1. The molecule has 1 aliphatic rings. The lowest BCUT2D eigenvalue weighted by Gasteiger charge is -2.42. The molecule has 1 fully saturated rings. The summed E-state index contributed by atoms with van der Waals surface area (Å²) in [5.41, 5.74) is 0.226. The van der Waals surface area contributed by atoms with Crippen LogP contribution in [-0.4, -0.2) is 52.2 Å². The van der Waals surface area contributed by atoms with Gasteiger partial charge < -0.3 is 10.4 Å². The number of β-lactam (4-membered cyclic amide) rings is 1. The molecule has 1 unspecified atom stereocenters. The molecular weight excluding hydrogens is 328 g/mol. The highest BCUT2D eigenvalue weighted by molar-refractivity contribution is 7.84. The van der Waals surface area contributed by atoms with Gasteiger partial charge in [0.15, 0.2) is 5.92 Å². The molecule has 2 amide bonds. The zero-order chi connectivity index (χ0) is 17.4. The van der Waals surface area contributed by atoms with E-state index in [9.17, 15) is 27.9 Å². The summed E-state index contributed by atoms with van der Waals surface area (Å²) >= 11 is 0. The van der Waals surface area contributed by atoms with Gasteiger partial charge in [-0.15, -0.1) is 0 Å². The Morgan fingerprint density at radius 1 is 1.26 bits per heavy atom. The Labute approximate surface area is 131 Å². The monoisotopic (exact) mass is 342 g/mol. The van der Waals surface area contributed by atoms with Crippen molar-refractivity contribution in [2.45, 2.75) is 24.9 Å². The maximum Gasteiger partial charge on any atom is 0.362 e. The molecule has 9 nitrogen and oxygen atoms in total. The van der Waals surface area contributed by atoms with Crippen molar-refractivity contribution in [1.82, 2.24) is 9.62 Å². The molecule has 1 aliphatic heterocycles. The lowest BCUT2D eigenvalue weighted by Crippen LogP contribution is -2.71. The number of nitrogens with one attached hydrogen (secondary N) is 1. The fourth-order valence-electron chi connectivity index (χ4n) is 2.39. The minimum atomic E-state index is -4.71. The number of nitrogens with zero attached hydrogens (tertiary/aromatic N) is 1. The molecule has 0 saturated carbocycles. The number of aliphatic carboxylic acids is 1. The van der Waals surface area contributed by atoms with E-state index in [4.69, 9.17) is 4.55 Å². The van der Waals surface area contributed by atoms with Crippen molar-refractivity contribution in [2.75, 3.05) is 0 Å². The number of hydrogen-bond donors (Lipinski definition) is 3. The topological polar surface area (TPSA) is 141 Å². The van der Waals surface area contributed by atoms with Crippen molar-refractivity contribution in [3.8, 4) is 0 Å². The average Bonchev–Trinajstić information content (AvgIpc) is 2.44. The Morgan fingerprint density at radius 3 is 2.26 bits per heavy atom. The van der Waals surface area contributed by atoms with Crippen LogP contribution < -0.4 is 5.32 Å². The minimum Gasteiger partial charge on any atom is -0.480 e. The molecule has 2 rings (SSSR count). The molecule has 23 heavy (non-hydrogen) atoms. The molecule has 0 aromatic heterocycles. The van der Waals surface area contributed by atoms with Crippen LogP contribution in [0.1, 0.15) is 18.4 Å². The first-order chi connectivity index (χ1) is 10.6. The first-order valence-corrected chi connectivity index (χ1v) is 7.93. The molecule has 1 aromatic rings. The second kappa shape index (κ2) is 5.97. The largest absolute Gasteiger partial charge is 0.480 e. The number of hydrogen-bond acceptors (Lipinski definition) is 5. The summed E-state index contributed by atoms with van der Waals surface area (Å²) in [5, 5.41) is 11.4. The summed E-state index contributed by atoms with van der Waals surface area (Å²) in [6.07, 6.45) is 0. The zero-order valence-electron chi connectivity index (χ0n) is 11.9. The minimum absolute atomic E-state index is 0.218. The summed E-state index contributed by atoms with van der Waals surface area (Å²) in [7, 11) is -4.71. The quantitative estimate of drug-likeness (QED) is 0.367. The van der Waals surface area contributed by atoms with Crippen molar-refractivity contribution < 1.29 is 32.5 Å². The van der Waals surface area contributed by atoms with Gasteiger partial charge in [0.2, 0.25) is 5.91 Å². The summed E-state index contributed by atoms with van der Waals surface area (Å²) < 4.78 is 31.1. The van der Waals surface area contributed by atoms with Crippen molar-refractivity contribution >= 4 is 28.1 Å². The molecule has 1 saturated heterocycles. The Hall–Kier alpha value is -2.46. The average molecular weight is 342 g/mol. The molecular formula is C13H14N2O7S. The Morgan fingerprint density at radius 2 is 1.83 bits per heavy atom. The number of benzene rings is 1. The normalized spacial score (nSPS) is 22.2. The number of carbonyl (C=O) groups excluding carboxylic acids is 2. The van der Waals surface area contributed by atoms with Crippen LogP contribution in [-0.2, 0) is 24.7 Å². The Bertz CT molecular complexity index is 747. The molecule has 0 spiro atoms. The first-order valence-electron chi connectivity index (χ1n) is 6.53. The molecule has 0 bridgehead atoms. The second-order valence-corrected chi connectivity index (χ2v) is 6.31. The van der Waals surface area contributed by atoms with Crippen LogP contribution in [0.2, 0.25) is 0 Å². The van der Waals surface area contributed by atoms with Crippen LogP contribution in [0, 0.1) is 0 Å². The van der Waals surface area contributed by atoms with Crippen molar-refractivity contribution in [3.05, 3.63) is 35.9 Å². The molecule has 10 heteroatoms. The number of rotatable bonds is 5. The van der Waals surface area contributed by atoms with Crippen LogP contribution >= 0.6 is 0 Å². The summed E-state index contributed by atoms with van der Waals surface area (Å²) in [6.45, 7) is 1.30. The molecule has 1 heterocycles. The smallest absolute Gasteiger partial charge is 0.362 e. The van der Waals surface area contributed by atoms with Gasteiger partial charge in [0, 0.05) is 0 Å². The molecule has 0 radical (unpaired) electrons. The summed E-state index contributed by atoms with van der Waals surface area (Å²) in [5.74, 6) is -4.90. The van der Waals surface area contributed by atoms with Gasteiger partial charge in [-0.2, -0.15) is 8.42 Å². The molecule has 1 aromatic carbocycles. The van der Waals surface area contributed by atoms with Crippen LogP contribution in [0.15, 0.2) is 30.3 Å². The maximum absolute atomic E-state index is 12.2. The number of carboxylic acid groups (broad SMARTS) is 1. The second-order valence-electron chi connectivity index (χ2n) is 5.02. The fourth-order valence-corrected chi connectivity index (χ4v) is 3.27. The van der Waals surface area contributed by atoms with Crippen LogP contribution in [0.5, 0.6) is 0 Å². The third-order valence-electron chi connectivity index (χ3n) is 3.52. The SMILES string of the molecule is C[C@H]1[C@H](NC(=O)C(C(=O)O)c2ccccc2)C(=O)N1S(=O)(=O)O. The van der Waals surface area contributed by atoms with E-state index in [1.54, 1.807) is 18.2 Å². The van der Waals surface area contributed by atoms with Crippen molar-refractivity contribution in [3.63, 3.8) is 0 Å². The highest BCUT2D eigenvalue weighted by Gasteiger charge is 2.52. The van der Waals surface area contributed by atoms with E-state index >= 15 is 0 Å². The van der Waals surface area contributed by atoms with Gasteiger partial charge in [-0.25, -0.2) is 4.31 Å². The highest BCUT2D eigenvalue weighted by Crippen LogP contribution is 2.24. The van der Waals surface area contributed by atoms with Gasteiger partial charge in [-0.05, 0) is 12.5 Å². The maximum atomic E-state index is 12.2. The number of carbonyl (C=O) groups is 3. The van der Waals surface area contributed by atoms with Gasteiger partial charge in [-0.1, -0.05) is 30.3 Å². The van der Waals surface area contributed by atoms with Gasteiger partial charge in [-0.3, -0.25) is 18.9 Å². The molecule has 3 atom stereocenters. The first kappa shape index (κ1) is 16.9. The van der Waals surface area contributed by atoms with Gasteiger partial charge in [0.05, 0.1) is 6.04 Å². The van der Waals surface area contributed by atoms with Gasteiger partial charge in [0.1, 0.15) is 6.04 Å². The molecule has 124 valence electrons. The van der Waals surface area contributed by atoms with E-state index in [-0.39, 0.29) is 9.87 Å². The lowest BCUT2D eigenvalue weighted by atomic mass is 9.95. The summed E-state index contributed by atoms with van der Waals surface area (Å²) in [6, 6.07) is 5.47. The van der Waals surface area contributed by atoms with Crippen LogP contribution in [0.3, 0.4) is 0 Å². The Kier molecular flexibility index (Phi) is 4.39. The van der Waals surface area contributed by atoms with Crippen molar-refractivity contribution in [1.29, 1.82) is 0 Å². The van der Waals surface area contributed by atoms with Crippen molar-refractivity contribution in [2.24, 2.45) is 0 Å². The van der Waals surface area contributed by atoms with Gasteiger partial charge in [0.25, 0.3) is 5.91 Å². The predicted octanol–water partition coefficient (Wildman–Crippen LogP) is -0.627. The highest BCUT2D eigenvalue weighted by atomic mass is 32.2. The molecule has 3 N–H and O–H groups in total. The fraction of sp³-hybridized carbons (Fsp3) is 0.308. The van der Waals surface area contributed by atoms with Crippen LogP contribution in [0.25, 0.3) is 0 Å². The van der Waals surface area contributed by atoms with E-state index in [0.29, 0.717) is 0 Å². The number of amides is 2. The third kappa shape index (κ3) is 3.17. The third-order valence-corrected chi connectivity index (χ3v) is 4.53. The van der Waals surface area contributed by atoms with E-state index < -0.39 is 46.1 Å². The number of carboxylic acids is 1. The van der Waals surface area contributed by atoms with E-state index in [2.05, 4.69) is 5.32 Å². The Balaban J connectivity index is 2.16. The summed E-state index contributed by atoms with van der Waals surface area (Å²) in [4.78, 5) is 35.2. The lowest BCUT2D eigenvalue weighted by molar-refractivity contribution is -0.149. The van der Waals surface area contributed by atoms with E-state index in [0.717, 1.165) is 0 Å². The van der Waals surface area contributed by atoms with Gasteiger partial charge >= 0.3 is 16.3 Å². The molecule has 0 aliphatic carbocycles. The van der Waals surface area contributed by atoms with Crippen LogP contribution in [0.4, 0.5) is 0 Å². The van der Waals surface area contributed by atoms with E-state index in [1.165, 1.54) is 19.1 Å².